The largest absolute Gasteiger partial charge is 0.247 e. The number of fused-ring (bicyclic) bond motifs is 1. The number of hydrogen-bond acceptors (Lipinski definition) is 2. The highest BCUT2D eigenvalue weighted by molar-refractivity contribution is 6.02. The molecule has 0 saturated heterocycles. The summed E-state index contributed by atoms with van der Waals surface area (Å²) < 4.78 is 1.99. The maximum atomic E-state index is 4.78. The Balaban J connectivity index is 1.73. The minimum Gasteiger partial charge on any atom is -0.247 e. The number of aliphatic imine (C=N–C) groups is 1. The lowest BCUT2D eigenvalue weighted by atomic mass is 10.1. The highest BCUT2D eigenvalue weighted by Gasteiger charge is 2.16. The molecular formula is C18H15N3. The molecule has 1 aromatic heterocycles. The number of rotatable bonds is 2. The van der Waals surface area contributed by atoms with Crippen molar-refractivity contribution < 1.29 is 0 Å². The standard InChI is InChI=1S/C18H15N3/c1-3-7-14(8-4-1)16-11-12-21-18(19-16)13-17(20-21)15-9-5-2-6-10-15/h1-10,13H,11-12H2. The molecule has 0 bridgehead atoms. The van der Waals surface area contributed by atoms with Gasteiger partial charge in [0.15, 0.2) is 5.82 Å². The molecule has 21 heavy (non-hydrogen) atoms. The van der Waals surface area contributed by atoms with Crippen molar-refractivity contribution in [2.75, 3.05) is 0 Å². The fraction of sp³-hybridized carbons (Fsp3) is 0.111. The third-order valence-electron chi connectivity index (χ3n) is 3.75. The molecule has 0 amide bonds. The summed E-state index contributed by atoms with van der Waals surface area (Å²) in [6, 6.07) is 22.7. The molecule has 0 atom stereocenters. The van der Waals surface area contributed by atoms with Gasteiger partial charge in [0.05, 0.1) is 11.4 Å². The van der Waals surface area contributed by atoms with Gasteiger partial charge in [-0.15, -0.1) is 0 Å². The minimum atomic E-state index is 0.885. The Labute approximate surface area is 123 Å². The molecule has 1 aliphatic rings. The molecular weight excluding hydrogens is 258 g/mol. The van der Waals surface area contributed by atoms with E-state index >= 15 is 0 Å². The van der Waals surface area contributed by atoms with Crippen molar-refractivity contribution in [1.82, 2.24) is 9.78 Å². The van der Waals surface area contributed by atoms with Gasteiger partial charge in [-0.1, -0.05) is 60.7 Å². The summed E-state index contributed by atoms with van der Waals surface area (Å²) in [4.78, 5) is 4.78. The summed E-state index contributed by atoms with van der Waals surface area (Å²) in [5.74, 6) is 0.943. The molecule has 0 aliphatic carbocycles. The molecule has 0 saturated carbocycles. The second kappa shape index (κ2) is 5.02. The lowest BCUT2D eigenvalue weighted by molar-refractivity contribution is 0.627. The van der Waals surface area contributed by atoms with Gasteiger partial charge in [0, 0.05) is 24.6 Å². The SMILES string of the molecule is c1ccc(C2=Nc3cc(-c4ccccc4)nn3CC2)cc1. The van der Waals surface area contributed by atoms with E-state index in [0.717, 1.165) is 35.8 Å². The topological polar surface area (TPSA) is 30.2 Å². The molecule has 2 heterocycles. The van der Waals surface area contributed by atoms with Gasteiger partial charge in [-0.25, -0.2) is 9.67 Å². The second-order valence-electron chi connectivity index (χ2n) is 5.15. The molecule has 0 N–H and O–H groups in total. The number of aromatic nitrogens is 2. The van der Waals surface area contributed by atoms with Gasteiger partial charge >= 0.3 is 0 Å². The zero-order valence-corrected chi connectivity index (χ0v) is 11.6. The van der Waals surface area contributed by atoms with Crippen LogP contribution in [0.3, 0.4) is 0 Å². The van der Waals surface area contributed by atoms with E-state index < -0.39 is 0 Å². The Hall–Kier alpha value is -2.68. The third kappa shape index (κ3) is 2.27. The highest BCUT2D eigenvalue weighted by Crippen LogP contribution is 2.27. The van der Waals surface area contributed by atoms with Gasteiger partial charge in [0.2, 0.25) is 0 Å². The van der Waals surface area contributed by atoms with E-state index in [1.807, 2.05) is 28.9 Å². The zero-order chi connectivity index (χ0) is 14.1. The summed E-state index contributed by atoms with van der Waals surface area (Å²) in [6.45, 7) is 0.885. The second-order valence-corrected chi connectivity index (χ2v) is 5.15. The molecule has 3 heteroatoms. The summed E-state index contributed by atoms with van der Waals surface area (Å²) in [6.07, 6.45) is 0.924. The smallest absolute Gasteiger partial charge is 0.151 e. The molecule has 0 unspecified atom stereocenters. The first-order valence-corrected chi connectivity index (χ1v) is 7.16. The van der Waals surface area contributed by atoms with Gasteiger partial charge < -0.3 is 0 Å². The van der Waals surface area contributed by atoms with Gasteiger partial charge in [0.1, 0.15) is 0 Å². The first-order valence-electron chi connectivity index (χ1n) is 7.16. The molecule has 0 fully saturated rings. The Morgan fingerprint density at radius 3 is 2.19 bits per heavy atom. The molecule has 3 nitrogen and oxygen atoms in total. The molecule has 3 aromatic rings. The lowest BCUT2D eigenvalue weighted by Crippen LogP contribution is -2.12. The van der Waals surface area contributed by atoms with Crippen LogP contribution in [-0.4, -0.2) is 15.5 Å². The average molecular weight is 273 g/mol. The van der Waals surface area contributed by atoms with E-state index in [0.29, 0.717) is 0 Å². The first kappa shape index (κ1) is 12.1. The van der Waals surface area contributed by atoms with Crippen LogP contribution in [0.25, 0.3) is 11.3 Å². The van der Waals surface area contributed by atoms with E-state index in [2.05, 4.69) is 47.6 Å². The minimum absolute atomic E-state index is 0.885. The van der Waals surface area contributed by atoms with Crippen LogP contribution in [0, 0.1) is 0 Å². The van der Waals surface area contributed by atoms with Crippen molar-refractivity contribution in [3.05, 3.63) is 72.3 Å². The van der Waals surface area contributed by atoms with E-state index in [4.69, 9.17) is 4.99 Å². The maximum Gasteiger partial charge on any atom is 0.151 e. The summed E-state index contributed by atoms with van der Waals surface area (Å²) in [5, 5.41) is 4.66. The van der Waals surface area contributed by atoms with Crippen LogP contribution < -0.4 is 0 Å². The number of nitrogens with zero attached hydrogens (tertiary/aromatic N) is 3. The van der Waals surface area contributed by atoms with E-state index in [9.17, 15) is 0 Å². The Kier molecular flexibility index (Phi) is 2.89. The predicted octanol–water partition coefficient (Wildman–Crippen LogP) is 4.07. The summed E-state index contributed by atoms with van der Waals surface area (Å²) in [5.41, 5.74) is 4.47. The molecule has 4 rings (SSSR count). The summed E-state index contributed by atoms with van der Waals surface area (Å²) in [7, 11) is 0. The van der Waals surface area contributed by atoms with Crippen molar-refractivity contribution in [1.29, 1.82) is 0 Å². The van der Waals surface area contributed by atoms with Crippen molar-refractivity contribution in [3.63, 3.8) is 0 Å². The molecule has 102 valence electrons. The van der Waals surface area contributed by atoms with Crippen LogP contribution in [0.5, 0.6) is 0 Å². The molecule has 0 radical (unpaired) electrons. The van der Waals surface area contributed by atoms with Crippen LogP contribution in [-0.2, 0) is 6.54 Å². The Morgan fingerprint density at radius 2 is 1.48 bits per heavy atom. The quantitative estimate of drug-likeness (QED) is 0.692. The van der Waals surface area contributed by atoms with Crippen LogP contribution in [0.1, 0.15) is 12.0 Å². The highest BCUT2D eigenvalue weighted by atomic mass is 15.3. The normalized spacial score (nSPS) is 13.6. The predicted molar refractivity (Wildman–Crippen MR) is 84.9 cm³/mol. The van der Waals surface area contributed by atoms with Gasteiger partial charge in [-0.05, 0) is 5.56 Å². The van der Waals surface area contributed by atoms with Crippen molar-refractivity contribution >= 4 is 11.5 Å². The number of benzene rings is 2. The van der Waals surface area contributed by atoms with Crippen LogP contribution in [0.4, 0.5) is 5.82 Å². The van der Waals surface area contributed by atoms with Crippen molar-refractivity contribution in [3.8, 4) is 11.3 Å². The monoisotopic (exact) mass is 273 g/mol. The fourth-order valence-corrected chi connectivity index (χ4v) is 2.66. The Bertz CT molecular complexity index is 786. The number of aryl methyl sites for hydroxylation is 1. The van der Waals surface area contributed by atoms with Crippen LogP contribution in [0.2, 0.25) is 0 Å². The zero-order valence-electron chi connectivity index (χ0n) is 11.6. The number of hydrogen-bond donors (Lipinski definition) is 0. The lowest BCUT2D eigenvalue weighted by Gasteiger charge is -2.13. The summed E-state index contributed by atoms with van der Waals surface area (Å²) >= 11 is 0. The van der Waals surface area contributed by atoms with Crippen LogP contribution in [0.15, 0.2) is 71.7 Å². The first-order chi connectivity index (χ1) is 10.4. The van der Waals surface area contributed by atoms with Gasteiger partial charge in [-0.2, -0.15) is 5.10 Å². The van der Waals surface area contributed by atoms with Crippen LogP contribution >= 0.6 is 0 Å². The van der Waals surface area contributed by atoms with Crippen molar-refractivity contribution in [2.45, 2.75) is 13.0 Å². The Morgan fingerprint density at radius 1 is 0.810 bits per heavy atom. The third-order valence-corrected chi connectivity index (χ3v) is 3.75. The van der Waals surface area contributed by atoms with Gasteiger partial charge in [0.25, 0.3) is 0 Å². The maximum absolute atomic E-state index is 4.78. The van der Waals surface area contributed by atoms with E-state index in [1.54, 1.807) is 0 Å². The van der Waals surface area contributed by atoms with E-state index in [1.165, 1.54) is 5.56 Å². The van der Waals surface area contributed by atoms with Crippen molar-refractivity contribution in [2.24, 2.45) is 4.99 Å². The van der Waals surface area contributed by atoms with E-state index in [-0.39, 0.29) is 0 Å². The molecule has 2 aromatic carbocycles. The van der Waals surface area contributed by atoms with Gasteiger partial charge in [-0.3, -0.25) is 0 Å². The average Bonchev–Trinajstić information content (AvgIpc) is 2.99. The molecule has 1 aliphatic heterocycles. The molecule has 0 spiro atoms. The fourth-order valence-electron chi connectivity index (χ4n) is 2.66.